The smallest absolute Gasteiger partial charge is 0.150 e. The lowest BCUT2D eigenvalue weighted by molar-refractivity contribution is 0.510. The van der Waals surface area contributed by atoms with Crippen LogP contribution in [0.5, 0.6) is 0 Å². The highest BCUT2D eigenvalue weighted by Crippen LogP contribution is 2.24. The minimum Gasteiger partial charge on any atom is -0.325 e. The maximum Gasteiger partial charge on any atom is 0.150 e. The Kier molecular flexibility index (Phi) is 3.60. The molecule has 2 rings (SSSR count). The first-order valence-corrected chi connectivity index (χ1v) is 6.88. The molecule has 0 radical (unpaired) electrons. The maximum atomic E-state index is 13.9. The van der Waals surface area contributed by atoms with Gasteiger partial charge in [-0.05, 0) is 67.1 Å². The summed E-state index contributed by atoms with van der Waals surface area (Å²) < 4.78 is 14.8. The molecule has 4 heteroatoms. The van der Waals surface area contributed by atoms with Crippen LogP contribution >= 0.6 is 22.6 Å². The van der Waals surface area contributed by atoms with Gasteiger partial charge in [-0.2, -0.15) is 0 Å². The summed E-state index contributed by atoms with van der Waals surface area (Å²) in [6, 6.07) is 5.46. The van der Waals surface area contributed by atoms with Gasteiger partial charge in [0.25, 0.3) is 0 Å². The minimum atomic E-state index is -0.340. The average Bonchev–Trinajstić information content (AvgIpc) is 2.17. The third-order valence-corrected chi connectivity index (χ3v) is 3.35. The van der Waals surface area contributed by atoms with Crippen molar-refractivity contribution in [1.82, 2.24) is 4.98 Å². The first-order valence-electron chi connectivity index (χ1n) is 5.80. The van der Waals surface area contributed by atoms with Gasteiger partial charge in [0.05, 0.1) is 0 Å². The zero-order chi connectivity index (χ0) is 13.5. The number of nitrogens with zero attached hydrogens (tertiary/aromatic N) is 1. The molecule has 0 bridgehead atoms. The van der Waals surface area contributed by atoms with Crippen molar-refractivity contribution in [3.63, 3.8) is 0 Å². The van der Waals surface area contributed by atoms with Crippen LogP contribution in [0.3, 0.4) is 0 Å². The molecule has 2 N–H and O–H groups in total. The van der Waals surface area contributed by atoms with Gasteiger partial charge in [0.2, 0.25) is 0 Å². The van der Waals surface area contributed by atoms with Crippen LogP contribution in [-0.2, 0) is 6.42 Å². The van der Waals surface area contributed by atoms with Crippen molar-refractivity contribution in [2.24, 2.45) is 5.73 Å². The van der Waals surface area contributed by atoms with Crippen molar-refractivity contribution < 1.29 is 4.39 Å². The molecule has 0 saturated carbocycles. The summed E-state index contributed by atoms with van der Waals surface area (Å²) in [4.78, 5) is 4.40. The van der Waals surface area contributed by atoms with E-state index in [0.29, 0.717) is 11.9 Å². The molecule has 0 aliphatic carbocycles. The number of benzene rings is 1. The number of aromatic nitrogens is 1. The fourth-order valence-electron chi connectivity index (χ4n) is 2.04. The second-order valence-corrected chi connectivity index (χ2v) is 6.63. The number of rotatable bonds is 2. The topological polar surface area (TPSA) is 38.9 Å². The summed E-state index contributed by atoms with van der Waals surface area (Å²) in [5.41, 5.74) is 7.97. The summed E-state index contributed by atoms with van der Waals surface area (Å²) in [5, 5.41) is 0.873. The van der Waals surface area contributed by atoms with Crippen molar-refractivity contribution in [3.8, 4) is 0 Å². The van der Waals surface area contributed by atoms with E-state index in [9.17, 15) is 4.39 Å². The van der Waals surface area contributed by atoms with E-state index in [2.05, 4.69) is 27.6 Å². The van der Waals surface area contributed by atoms with Crippen molar-refractivity contribution in [2.75, 3.05) is 0 Å². The SMILES string of the molecule is Cc1cc(CC(C)(C)N)nc2c(F)cc(I)cc12. The van der Waals surface area contributed by atoms with Crippen LogP contribution in [0.4, 0.5) is 4.39 Å². The molecule has 2 nitrogen and oxygen atoms in total. The number of hydrogen-bond donors (Lipinski definition) is 1. The Morgan fingerprint density at radius 3 is 2.61 bits per heavy atom. The van der Waals surface area contributed by atoms with E-state index in [1.807, 2.05) is 32.9 Å². The third kappa shape index (κ3) is 2.98. The first kappa shape index (κ1) is 13.7. The molecule has 0 saturated heterocycles. The van der Waals surface area contributed by atoms with Crippen molar-refractivity contribution in [3.05, 3.63) is 38.8 Å². The van der Waals surface area contributed by atoms with Crippen molar-refractivity contribution in [1.29, 1.82) is 0 Å². The fourth-order valence-corrected chi connectivity index (χ4v) is 2.63. The second kappa shape index (κ2) is 4.74. The Labute approximate surface area is 120 Å². The van der Waals surface area contributed by atoms with E-state index < -0.39 is 0 Å². The van der Waals surface area contributed by atoms with Crippen LogP contribution in [0.25, 0.3) is 10.9 Å². The van der Waals surface area contributed by atoms with Gasteiger partial charge >= 0.3 is 0 Å². The standard InChI is InChI=1S/C14H16FIN2/c1-8-4-10(7-14(2,3)17)18-13-11(8)5-9(16)6-12(13)15/h4-6H,7,17H2,1-3H3. The highest BCUT2D eigenvalue weighted by atomic mass is 127. The number of pyridine rings is 1. The molecule has 1 aromatic heterocycles. The molecular formula is C14H16FIN2. The highest BCUT2D eigenvalue weighted by Gasteiger charge is 2.15. The van der Waals surface area contributed by atoms with Crippen LogP contribution in [0.2, 0.25) is 0 Å². The molecule has 0 atom stereocenters. The molecule has 0 fully saturated rings. The Hall–Kier alpha value is -0.750. The molecule has 2 aromatic rings. The third-order valence-electron chi connectivity index (χ3n) is 2.73. The summed E-state index contributed by atoms with van der Waals surface area (Å²) in [6.45, 7) is 5.86. The summed E-state index contributed by atoms with van der Waals surface area (Å²) >= 11 is 2.11. The lowest BCUT2D eigenvalue weighted by Gasteiger charge is -2.18. The number of aryl methyl sites for hydroxylation is 1. The molecule has 18 heavy (non-hydrogen) atoms. The van der Waals surface area contributed by atoms with Gasteiger partial charge in [-0.15, -0.1) is 0 Å². The van der Waals surface area contributed by atoms with E-state index >= 15 is 0 Å². The largest absolute Gasteiger partial charge is 0.325 e. The van der Waals surface area contributed by atoms with Gasteiger partial charge in [-0.25, -0.2) is 9.37 Å². The lowest BCUT2D eigenvalue weighted by Crippen LogP contribution is -2.34. The molecule has 1 heterocycles. The van der Waals surface area contributed by atoms with E-state index in [1.54, 1.807) is 0 Å². The molecule has 1 aromatic carbocycles. The van der Waals surface area contributed by atoms with Crippen LogP contribution in [-0.4, -0.2) is 10.5 Å². The van der Waals surface area contributed by atoms with Gasteiger partial charge in [-0.1, -0.05) is 0 Å². The number of hydrogen-bond acceptors (Lipinski definition) is 2. The second-order valence-electron chi connectivity index (χ2n) is 5.38. The fraction of sp³-hybridized carbons (Fsp3) is 0.357. The summed E-state index contributed by atoms with van der Waals surface area (Å²) in [5.74, 6) is -0.267. The van der Waals surface area contributed by atoms with Crippen LogP contribution in [0.1, 0.15) is 25.1 Å². The van der Waals surface area contributed by atoms with Crippen LogP contribution < -0.4 is 5.73 Å². The molecule has 0 aliphatic rings. The normalized spacial score (nSPS) is 12.1. The number of fused-ring (bicyclic) bond motifs is 1. The summed E-state index contributed by atoms with van der Waals surface area (Å²) in [7, 11) is 0. The van der Waals surface area contributed by atoms with Crippen LogP contribution in [0, 0.1) is 16.3 Å². The van der Waals surface area contributed by atoms with Gasteiger partial charge in [0, 0.05) is 26.6 Å². The molecule has 0 amide bonds. The Morgan fingerprint density at radius 2 is 2.00 bits per heavy atom. The zero-order valence-electron chi connectivity index (χ0n) is 10.7. The van der Waals surface area contributed by atoms with Gasteiger partial charge in [0.15, 0.2) is 0 Å². The zero-order valence-corrected chi connectivity index (χ0v) is 12.9. The minimum absolute atomic E-state index is 0.267. The van der Waals surface area contributed by atoms with Gasteiger partial charge in [-0.3, -0.25) is 0 Å². The van der Waals surface area contributed by atoms with E-state index in [4.69, 9.17) is 5.73 Å². The lowest BCUT2D eigenvalue weighted by atomic mass is 9.98. The number of nitrogens with two attached hydrogens (primary N) is 1. The van der Waals surface area contributed by atoms with Gasteiger partial charge < -0.3 is 5.73 Å². The molecule has 0 aliphatic heterocycles. The molecular weight excluding hydrogens is 342 g/mol. The van der Waals surface area contributed by atoms with E-state index in [1.165, 1.54) is 6.07 Å². The predicted molar refractivity (Wildman–Crippen MR) is 81.1 cm³/mol. The van der Waals surface area contributed by atoms with E-state index in [0.717, 1.165) is 20.2 Å². The van der Waals surface area contributed by atoms with Crippen molar-refractivity contribution >= 4 is 33.5 Å². The molecule has 96 valence electrons. The number of halogens is 2. The molecule has 0 unspecified atom stereocenters. The first-order chi connectivity index (χ1) is 8.26. The Bertz CT molecular complexity index is 603. The highest BCUT2D eigenvalue weighted by molar-refractivity contribution is 14.1. The average molecular weight is 358 g/mol. The summed E-state index contributed by atoms with van der Waals surface area (Å²) in [6.07, 6.45) is 0.634. The predicted octanol–water partition coefficient (Wildman–Crippen LogP) is 3.57. The van der Waals surface area contributed by atoms with E-state index in [-0.39, 0.29) is 11.4 Å². The molecule has 0 spiro atoms. The maximum absolute atomic E-state index is 13.9. The monoisotopic (exact) mass is 358 g/mol. The Balaban J connectivity index is 2.62. The quantitative estimate of drug-likeness (QED) is 0.834. The van der Waals surface area contributed by atoms with Gasteiger partial charge in [0.1, 0.15) is 11.3 Å². The Morgan fingerprint density at radius 1 is 1.33 bits per heavy atom. The van der Waals surface area contributed by atoms with Crippen molar-refractivity contribution in [2.45, 2.75) is 32.7 Å². The van der Waals surface area contributed by atoms with Crippen LogP contribution in [0.15, 0.2) is 18.2 Å².